The Morgan fingerprint density at radius 3 is 2.47 bits per heavy atom. The fourth-order valence-electron chi connectivity index (χ4n) is 6.14. The number of aromatic nitrogens is 1. The lowest BCUT2D eigenvalue weighted by atomic mass is 9.52. The Morgan fingerprint density at radius 1 is 1.12 bits per heavy atom. The average molecular weight is 450 g/mol. The second-order valence-corrected chi connectivity index (χ2v) is 12.3. The summed E-state index contributed by atoms with van der Waals surface area (Å²) in [6.07, 6.45) is 4.86. The molecule has 4 atom stereocenters. The number of hydrogen-bond donors (Lipinski definition) is 1. The van der Waals surface area contributed by atoms with Crippen LogP contribution in [-0.4, -0.2) is 23.6 Å². The second kappa shape index (κ2) is 6.82. The summed E-state index contributed by atoms with van der Waals surface area (Å²) in [5.74, 6) is 0.0789. The molecule has 5 heteroatoms. The maximum atomic E-state index is 13.7. The molecule has 0 bridgehead atoms. The van der Waals surface area contributed by atoms with Crippen LogP contribution in [-0.2, 0) is 15.4 Å². The van der Waals surface area contributed by atoms with Crippen LogP contribution in [0.3, 0.4) is 0 Å². The summed E-state index contributed by atoms with van der Waals surface area (Å²) < 4.78 is 28.8. The van der Waals surface area contributed by atoms with E-state index in [0.29, 0.717) is 5.52 Å². The van der Waals surface area contributed by atoms with Crippen molar-refractivity contribution in [2.45, 2.75) is 62.9 Å². The van der Waals surface area contributed by atoms with E-state index in [2.05, 4.69) is 33.4 Å². The maximum Gasteiger partial charge on any atom is 0.268 e. The van der Waals surface area contributed by atoms with Crippen molar-refractivity contribution < 1.29 is 13.5 Å². The molecule has 1 heterocycles. The predicted molar refractivity (Wildman–Crippen MR) is 129 cm³/mol. The number of benzene rings is 2. The SMILES string of the molecule is C=C[C@@]1(C)CC[C@H]2[C@H](c3cn(S(=O)(=O)c4ccc(C)cc4)c4cccc(c34)C2(C)C)[C@@H]1O. The minimum Gasteiger partial charge on any atom is -0.392 e. The lowest BCUT2D eigenvalue weighted by Gasteiger charge is -2.53. The molecule has 1 fully saturated rings. The van der Waals surface area contributed by atoms with E-state index in [4.69, 9.17) is 0 Å². The molecule has 1 N–H and O–H groups in total. The quantitative estimate of drug-likeness (QED) is 0.535. The number of aliphatic hydroxyl groups is 1. The van der Waals surface area contributed by atoms with Crippen LogP contribution in [0.5, 0.6) is 0 Å². The molecule has 1 aromatic heterocycles. The Kier molecular flexibility index (Phi) is 4.57. The lowest BCUT2D eigenvalue weighted by molar-refractivity contribution is -0.0299. The van der Waals surface area contributed by atoms with Gasteiger partial charge in [0.15, 0.2) is 0 Å². The van der Waals surface area contributed by atoms with Crippen LogP contribution < -0.4 is 0 Å². The van der Waals surface area contributed by atoms with Gasteiger partial charge in [-0.3, -0.25) is 0 Å². The van der Waals surface area contributed by atoms with Crippen molar-refractivity contribution in [2.75, 3.05) is 0 Å². The molecule has 0 radical (unpaired) electrons. The van der Waals surface area contributed by atoms with Crippen molar-refractivity contribution in [3.63, 3.8) is 0 Å². The standard InChI is InChI=1S/C27H31NO3S/c1-6-27(5)15-14-21-24(25(27)29)19-16-28(32(30,31)18-12-10-17(2)11-13-18)22-9-7-8-20(23(19)22)26(21,3)4/h6-13,16,21,24-25,29H,1,14-15H2,2-5H3/t21-,24-,25-,27-/m0/s1. The topological polar surface area (TPSA) is 59.3 Å². The van der Waals surface area contributed by atoms with Gasteiger partial charge in [0.25, 0.3) is 10.0 Å². The van der Waals surface area contributed by atoms with E-state index in [1.165, 1.54) is 9.54 Å². The molecule has 0 amide bonds. The highest BCUT2D eigenvalue weighted by molar-refractivity contribution is 7.90. The van der Waals surface area contributed by atoms with Gasteiger partial charge in [-0.15, -0.1) is 6.58 Å². The van der Waals surface area contributed by atoms with Crippen LogP contribution in [0.2, 0.25) is 0 Å². The Labute approximate surface area is 190 Å². The molecule has 32 heavy (non-hydrogen) atoms. The molecule has 168 valence electrons. The third-order valence-electron chi connectivity index (χ3n) is 8.29. The fraction of sp³-hybridized carbons (Fsp3) is 0.407. The average Bonchev–Trinajstić information content (AvgIpc) is 3.15. The molecular formula is C27H31NO3S. The summed E-state index contributed by atoms with van der Waals surface area (Å²) in [6.45, 7) is 12.5. The predicted octanol–water partition coefficient (Wildman–Crippen LogP) is 5.52. The van der Waals surface area contributed by atoms with E-state index in [0.717, 1.165) is 29.4 Å². The zero-order chi connectivity index (χ0) is 23.1. The monoisotopic (exact) mass is 449 g/mol. The Morgan fingerprint density at radius 2 is 1.81 bits per heavy atom. The smallest absolute Gasteiger partial charge is 0.268 e. The molecule has 2 aliphatic rings. The van der Waals surface area contributed by atoms with E-state index in [1.54, 1.807) is 18.3 Å². The normalized spacial score (nSPS) is 29.0. The number of aryl methyl sites for hydroxylation is 1. The highest BCUT2D eigenvalue weighted by atomic mass is 32.2. The summed E-state index contributed by atoms with van der Waals surface area (Å²) in [6, 6.07) is 12.9. The highest BCUT2D eigenvalue weighted by Gasteiger charge is 2.53. The van der Waals surface area contributed by atoms with Crippen LogP contribution in [0.4, 0.5) is 0 Å². The van der Waals surface area contributed by atoms with Crippen LogP contribution in [0.1, 0.15) is 56.2 Å². The number of rotatable bonds is 3. The molecule has 0 unspecified atom stereocenters. The molecule has 2 aromatic carbocycles. The van der Waals surface area contributed by atoms with E-state index < -0.39 is 21.5 Å². The fourth-order valence-corrected chi connectivity index (χ4v) is 7.51. The van der Waals surface area contributed by atoms with Crippen LogP contribution in [0, 0.1) is 18.3 Å². The van der Waals surface area contributed by atoms with Crippen LogP contribution >= 0.6 is 0 Å². The Bertz CT molecular complexity index is 1330. The first-order valence-corrected chi connectivity index (χ1v) is 12.7. The van der Waals surface area contributed by atoms with Gasteiger partial charge >= 0.3 is 0 Å². The molecule has 0 aliphatic heterocycles. The lowest BCUT2D eigenvalue weighted by Crippen LogP contribution is -2.50. The van der Waals surface area contributed by atoms with Crippen molar-refractivity contribution in [2.24, 2.45) is 11.3 Å². The van der Waals surface area contributed by atoms with Crippen molar-refractivity contribution in [3.05, 3.63) is 78.0 Å². The first-order valence-electron chi connectivity index (χ1n) is 11.3. The number of nitrogens with zero attached hydrogens (tertiary/aromatic N) is 1. The van der Waals surface area contributed by atoms with Gasteiger partial charge in [-0.2, -0.15) is 0 Å². The molecule has 3 aromatic rings. The van der Waals surface area contributed by atoms with Crippen molar-refractivity contribution >= 4 is 20.9 Å². The van der Waals surface area contributed by atoms with Gasteiger partial charge in [-0.25, -0.2) is 12.4 Å². The zero-order valence-corrected chi connectivity index (χ0v) is 20.0. The van der Waals surface area contributed by atoms with Gasteiger partial charge in [0.1, 0.15) is 0 Å². The molecule has 1 saturated carbocycles. The maximum absolute atomic E-state index is 13.7. The highest BCUT2D eigenvalue weighted by Crippen LogP contribution is 2.59. The van der Waals surface area contributed by atoms with E-state index in [1.807, 2.05) is 37.3 Å². The third kappa shape index (κ3) is 2.74. The summed E-state index contributed by atoms with van der Waals surface area (Å²) in [5.41, 5.74) is 3.23. The molecule has 4 nitrogen and oxygen atoms in total. The summed E-state index contributed by atoms with van der Waals surface area (Å²) in [5, 5.41) is 12.5. The minimum absolute atomic E-state index is 0.145. The second-order valence-electron chi connectivity index (χ2n) is 10.4. The van der Waals surface area contributed by atoms with Gasteiger partial charge < -0.3 is 5.11 Å². The van der Waals surface area contributed by atoms with Gasteiger partial charge in [0.05, 0.1) is 16.5 Å². The summed E-state index contributed by atoms with van der Waals surface area (Å²) in [7, 11) is -3.77. The van der Waals surface area contributed by atoms with Gasteiger partial charge in [-0.1, -0.05) is 56.7 Å². The molecule has 0 saturated heterocycles. The van der Waals surface area contributed by atoms with Gasteiger partial charge in [-0.05, 0) is 60.4 Å². The van der Waals surface area contributed by atoms with Crippen LogP contribution in [0.25, 0.3) is 10.9 Å². The van der Waals surface area contributed by atoms with Crippen molar-refractivity contribution in [1.29, 1.82) is 0 Å². The van der Waals surface area contributed by atoms with Gasteiger partial charge in [0, 0.05) is 22.9 Å². The van der Waals surface area contributed by atoms with Crippen molar-refractivity contribution in [3.8, 4) is 0 Å². The van der Waals surface area contributed by atoms with Crippen molar-refractivity contribution in [1.82, 2.24) is 3.97 Å². The first kappa shape index (κ1) is 21.5. The molecule has 2 aliphatic carbocycles. The van der Waals surface area contributed by atoms with E-state index >= 15 is 0 Å². The number of hydrogen-bond acceptors (Lipinski definition) is 3. The summed E-state index contributed by atoms with van der Waals surface area (Å²) in [4.78, 5) is 0.270. The number of fused-ring (bicyclic) bond motifs is 2. The molecular weight excluding hydrogens is 418 g/mol. The Hall–Kier alpha value is -2.37. The van der Waals surface area contributed by atoms with Crippen LogP contribution in [0.15, 0.2) is 66.2 Å². The molecule has 5 rings (SSSR count). The summed E-state index contributed by atoms with van der Waals surface area (Å²) >= 11 is 0. The third-order valence-corrected chi connectivity index (χ3v) is 9.98. The first-order chi connectivity index (χ1) is 15.0. The van der Waals surface area contributed by atoms with E-state index in [-0.39, 0.29) is 22.1 Å². The zero-order valence-electron chi connectivity index (χ0n) is 19.2. The number of aliphatic hydroxyl groups excluding tert-OH is 1. The minimum atomic E-state index is -3.77. The Balaban J connectivity index is 1.80. The van der Waals surface area contributed by atoms with E-state index in [9.17, 15) is 13.5 Å². The largest absolute Gasteiger partial charge is 0.392 e. The molecule has 0 spiro atoms. The van der Waals surface area contributed by atoms with Gasteiger partial charge in [0.2, 0.25) is 0 Å².